The van der Waals surface area contributed by atoms with Gasteiger partial charge in [0.25, 0.3) is 5.91 Å². The number of para-hydroxylation sites is 1. The maximum atomic E-state index is 12.5. The van der Waals surface area contributed by atoms with Crippen LogP contribution in [0.4, 0.5) is 0 Å². The molecule has 1 unspecified atom stereocenters. The number of amides is 1. The van der Waals surface area contributed by atoms with Gasteiger partial charge in [-0.15, -0.1) is 11.8 Å². The van der Waals surface area contributed by atoms with Crippen LogP contribution < -0.4 is 5.32 Å². The van der Waals surface area contributed by atoms with Crippen LogP contribution in [0.5, 0.6) is 0 Å². The molecule has 1 aliphatic heterocycles. The number of nitrogens with one attached hydrogen (secondary N) is 1. The van der Waals surface area contributed by atoms with E-state index in [9.17, 15) is 4.79 Å². The first kappa shape index (κ1) is 15.0. The number of carbonyl (C=O) groups is 1. The van der Waals surface area contributed by atoms with E-state index < -0.39 is 0 Å². The largest absolute Gasteiger partial charge is 0.377 e. The highest BCUT2D eigenvalue weighted by molar-refractivity contribution is 7.99. The van der Waals surface area contributed by atoms with Crippen molar-refractivity contribution in [2.24, 2.45) is 0 Å². The van der Waals surface area contributed by atoms with Gasteiger partial charge in [0.15, 0.2) is 0 Å². The van der Waals surface area contributed by atoms with E-state index in [0.29, 0.717) is 12.1 Å². The van der Waals surface area contributed by atoms with Crippen molar-refractivity contribution >= 4 is 28.6 Å². The van der Waals surface area contributed by atoms with Gasteiger partial charge < -0.3 is 10.1 Å². The summed E-state index contributed by atoms with van der Waals surface area (Å²) in [5.41, 5.74) is 1.61. The Kier molecular flexibility index (Phi) is 4.23. The van der Waals surface area contributed by atoms with E-state index in [2.05, 4.69) is 5.32 Å². The Bertz CT molecular complexity index is 724. The maximum Gasteiger partial charge on any atom is 0.252 e. The van der Waals surface area contributed by atoms with Crippen molar-refractivity contribution < 1.29 is 9.53 Å². The monoisotopic (exact) mass is 328 g/mol. The molecule has 2 fully saturated rings. The first-order valence-electron chi connectivity index (χ1n) is 8.24. The molecule has 4 rings (SSSR count). The van der Waals surface area contributed by atoms with Crippen molar-refractivity contribution in [3.05, 3.63) is 35.9 Å². The molecule has 0 bridgehead atoms. The highest BCUT2D eigenvalue weighted by Gasteiger charge is 2.25. The third-order valence-electron chi connectivity index (χ3n) is 4.29. The Labute approximate surface area is 140 Å². The molecule has 0 radical (unpaired) electrons. The van der Waals surface area contributed by atoms with Crippen LogP contribution in [0.25, 0.3) is 10.9 Å². The molecule has 1 saturated heterocycles. The van der Waals surface area contributed by atoms with Crippen molar-refractivity contribution in [2.75, 3.05) is 12.4 Å². The van der Waals surface area contributed by atoms with Gasteiger partial charge in [-0.25, -0.2) is 4.98 Å². The van der Waals surface area contributed by atoms with Crippen molar-refractivity contribution in [3.8, 4) is 0 Å². The lowest BCUT2D eigenvalue weighted by Crippen LogP contribution is -2.25. The summed E-state index contributed by atoms with van der Waals surface area (Å²) in [5, 5.41) is 4.91. The predicted molar refractivity (Wildman–Crippen MR) is 91.9 cm³/mol. The lowest BCUT2D eigenvalue weighted by Gasteiger charge is -2.11. The standard InChI is InChI=1S/C18H20N2O2S/c21-18(19-12-7-8-12)15-10-17(23-11-13-4-3-9-22-13)20-16-6-2-1-5-14(15)16/h1-2,5-6,10,12-13H,3-4,7-9,11H2,(H,19,21). The fraction of sp³-hybridized carbons (Fsp3) is 0.444. The van der Waals surface area contributed by atoms with Gasteiger partial charge in [-0.05, 0) is 37.8 Å². The normalized spacial score (nSPS) is 20.8. The molecule has 2 heterocycles. The first-order chi connectivity index (χ1) is 11.3. The van der Waals surface area contributed by atoms with Crippen LogP contribution in [0.1, 0.15) is 36.0 Å². The molecule has 1 aliphatic carbocycles. The number of carbonyl (C=O) groups excluding carboxylic acids is 1. The second-order valence-electron chi connectivity index (χ2n) is 6.22. The van der Waals surface area contributed by atoms with Crippen LogP contribution in [0.3, 0.4) is 0 Å². The van der Waals surface area contributed by atoms with Gasteiger partial charge in [0, 0.05) is 23.8 Å². The average molecular weight is 328 g/mol. The Morgan fingerprint density at radius 1 is 1.30 bits per heavy atom. The summed E-state index contributed by atoms with van der Waals surface area (Å²) in [4.78, 5) is 17.3. The zero-order valence-corrected chi connectivity index (χ0v) is 13.8. The number of hydrogen-bond acceptors (Lipinski definition) is 4. The van der Waals surface area contributed by atoms with Crippen LogP contribution >= 0.6 is 11.8 Å². The zero-order chi connectivity index (χ0) is 15.6. The minimum absolute atomic E-state index is 0.0186. The van der Waals surface area contributed by atoms with E-state index in [1.54, 1.807) is 11.8 Å². The van der Waals surface area contributed by atoms with Crippen LogP contribution in [-0.4, -0.2) is 35.4 Å². The van der Waals surface area contributed by atoms with Gasteiger partial charge in [0.05, 0.1) is 22.2 Å². The van der Waals surface area contributed by atoms with Gasteiger partial charge in [-0.1, -0.05) is 18.2 Å². The molecule has 5 heteroatoms. The number of aromatic nitrogens is 1. The average Bonchev–Trinajstić information content (AvgIpc) is 3.23. The number of fused-ring (bicyclic) bond motifs is 1. The predicted octanol–water partition coefficient (Wildman–Crippen LogP) is 3.40. The minimum atomic E-state index is 0.0186. The number of hydrogen-bond donors (Lipinski definition) is 1. The van der Waals surface area contributed by atoms with Gasteiger partial charge in [0.1, 0.15) is 0 Å². The Morgan fingerprint density at radius 3 is 2.96 bits per heavy atom. The van der Waals surface area contributed by atoms with Crippen LogP contribution in [0.15, 0.2) is 35.4 Å². The molecule has 1 amide bonds. The fourth-order valence-electron chi connectivity index (χ4n) is 2.86. The van der Waals surface area contributed by atoms with Crippen molar-refractivity contribution in [3.63, 3.8) is 0 Å². The topological polar surface area (TPSA) is 51.2 Å². The molecular weight excluding hydrogens is 308 g/mol. The number of thioether (sulfide) groups is 1. The molecule has 1 aromatic carbocycles. The lowest BCUT2D eigenvalue weighted by atomic mass is 10.1. The second kappa shape index (κ2) is 6.49. The Balaban J connectivity index is 1.60. The van der Waals surface area contributed by atoms with Gasteiger partial charge in [-0.2, -0.15) is 0 Å². The quantitative estimate of drug-likeness (QED) is 0.855. The third-order valence-corrected chi connectivity index (χ3v) is 5.33. The number of rotatable bonds is 5. The molecule has 2 aromatic rings. The number of ether oxygens (including phenoxy) is 1. The number of pyridine rings is 1. The smallest absolute Gasteiger partial charge is 0.252 e. The molecule has 0 spiro atoms. The molecule has 1 aromatic heterocycles. The van der Waals surface area contributed by atoms with E-state index in [0.717, 1.165) is 59.5 Å². The highest BCUT2D eigenvalue weighted by atomic mass is 32.2. The van der Waals surface area contributed by atoms with Gasteiger partial charge in [0.2, 0.25) is 0 Å². The molecule has 1 saturated carbocycles. The van der Waals surface area contributed by atoms with E-state index >= 15 is 0 Å². The summed E-state index contributed by atoms with van der Waals surface area (Å²) in [6.45, 7) is 0.866. The van der Waals surface area contributed by atoms with Crippen molar-refractivity contribution in [2.45, 2.75) is 42.9 Å². The van der Waals surface area contributed by atoms with Crippen LogP contribution in [0.2, 0.25) is 0 Å². The van der Waals surface area contributed by atoms with Crippen molar-refractivity contribution in [1.29, 1.82) is 0 Å². The summed E-state index contributed by atoms with van der Waals surface area (Å²) in [6, 6.07) is 10.2. The van der Waals surface area contributed by atoms with E-state index in [4.69, 9.17) is 9.72 Å². The summed E-state index contributed by atoms with van der Waals surface area (Å²) in [5.74, 6) is 0.916. The fourth-order valence-corrected chi connectivity index (χ4v) is 3.84. The number of benzene rings is 1. The second-order valence-corrected chi connectivity index (χ2v) is 7.26. The van der Waals surface area contributed by atoms with Crippen LogP contribution in [0, 0.1) is 0 Å². The zero-order valence-electron chi connectivity index (χ0n) is 13.0. The summed E-state index contributed by atoms with van der Waals surface area (Å²) < 4.78 is 5.67. The summed E-state index contributed by atoms with van der Waals surface area (Å²) in [6.07, 6.45) is 4.77. The highest BCUT2D eigenvalue weighted by Crippen LogP contribution is 2.28. The molecule has 2 aliphatic rings. The van der Waals surface area contributed by atoms with E-state index in [1.807, 2.05) is 30.3 Å². The Hall–Kier alpha value is -1.59. The summed E-state index contributed by atoms with van der Waals surface area (Å²) >= 11 is 1.68. The molecule has 120 valence electrons. The molecule has 1 atom stereocenters. The molecular formula is C18H20N2O2S. The van der Waals surface area contributed by atoms with Crippen molar-refractivity contribution in [1.82, 2.24) is 10.3 Å². The van der Waals surface area contributed by atoms with Gasteiger partial charge >= 0.3 is 0 Å². The van der Waals surface area contributed by atoms with Crippen LogP contribution in [-0.2, 0) is 4.74 Å². The molecule has 4 nitrogen and oxygen atoms in total. The maximum absolute atomic E-state index is 12.5. The first-order valence-corrected chi connectivity index (χ1v) is 9.23. The minimum Gasteiger partial charge on any atom is -0.377 e. The van der Waals surface area contributed by atoms with E-state index in [-0.39, 0.29) is 5.91 Å². The number of nitrogens with zero attached hydrogens (tertiary/aromatic N) is 1. The molecule has 1 N–H and O–H groups in total. The SMILES string of the molecule is O=C(NC1CC1)c1cc(SCC2CCCO2)nc2ccccc12. The van der Waals surface area contributed by atoms with E-state index in [1.165, 1.54) is 0 Å². The third kappa shape index (κ3) is 3.51. The molecule has 23 heavy (non-hydrogen) atoms. The Morgan fingerprint density at radius 2 is 2.17 bits per heavy atom. The summed E-state index contributed by atoms with van der Waals surface area (Å²) in [7, 11) is 0. The van der Waals surface area contributed by atoms with Gasteiger partial charge in [-0.3, -0.25) is 4.79 Å². The lowest BCUT2D eigenvalue weighted by molar-refractivity contribution is 0.0952.